The molecule has 1 aromatic carbocycles. The van der Waals surface area contributed by atoms with Crippen LogP contribution in [0.25, 0.3) is 0 Å². The number of halogens is 1. The maximum absolute atomic E-state index is 12.9. The van der Waals surface area contributed by atoms with Crippen molar-refractivity contribution in [3.63, 3.8) is 0 Å². The Balaban J connectivity index is 1.88. The Morgan fingerprint density at radius 1 is 1.21 bits per heavy atom. The van der Waals surface area contributed by atoms with Gasteiger partial charge < -0.3 is 4.90 Å². The van der Waals surface area contributed by atoms with Gasteiger partial charge in [-0.25, -0.2) is 8.42 Å². The quantitative estimate of drug-likeness (QED) is 0.815. The molecule has 0 aromatic heterocycles. The number of carbonyl (C=O) groups is 1. The molecule has 0 radical (unpaired) electrons. The number of fused-ring (bicyclic) bond motifs is 1. The molecule has 2 saturated heterocycles. The summed E-state index contributed by atoms with van der Waals surface area (Å²) in [5, 5.41) is 0.407. The van der Waals surface area contributed by atoms with Crippen molar-refractivity contribution < 1.29 is 13.2 Å². The predicted octanol–water partition coefficient (Wildman–Crippen LogP) is 1.92. The molecule has 1 aromatic rings. The van der Waals surface area contributed by atoms with Crippen LogP contribution in [0.4, 0.5) is 0 Å². The SMILES string of the molecule is CC(C)CN1CCN(C(=O)c2ccccc2Cl)[C@H]2CS(=O)(=O)C[C@H]21. The second-order valence-electron chi connectivity index (χ2n) is 7.08. The first-order valence-electron chi connectivity index (χ1n) is 8.28. The minimum atomic E-state index is -3.12. The van der Waals surface area contributed by atoms with E-state index < -0.39 is 9.84 Å². The first-order chi connectivity index (χ1) is 11.3. The molecule has 2 fully saturated rings. The van der Waals surface area contributed by atoms with Gasteiger partial charge in [0.1, 0.15) is 0 Å². The molecule has 2 aliphatic heterocycles. The van der Waals surface area contributed by atoms with Gasteiger partial charge in [0, 0.05) is 25.7 Å². The molecule has 0 bridgehead atoms. The van der Waals surface area contributed by atoms with Gasteiger partial charge in [0.2, 0.25) is 0 Å². The van der Waals surface area contributed by atoms with Crippen LogP contribution in [0.3, 0.4) is 0 Å². The van der Waals surface area contributed by atoms with Crippen molar-refractivity contribution in [1.29, 1.82) is 0 Å². The van der Waals surface area contributed by atoms with Crippen molar-refractivity contribution in [3.05, 3.63) is 34.9 Å². The highest BCUT2D eigenvalue weighted by molar-refractivity contribution is 7.91. The summed E-state index contributed by atoms with van der Waals surface area (Å²) in [7, 11) is -3.12. The lowest BCUT2D eigenvalue weighted by Gasteiger charge is -2.44. The van der Waals surface area contributed by atoms with E-state index >= 15 is 0 Å². The van der Waals surface area contributed by atoms with Gasteiger partial charge in [-0.15, -0.1) is 0 Å². The van der Waals surface area contributed by atoms with Crippen molar-refractivity contribution in [3.8, 4) is 0 Å². The lowest BCUT2D eigenvalue weighted by molar-refractivity contribution is 0.0297. The first-order valence-corrected chi connectivity index (χ1v) is 10.5. The van der Waals surface area contributed by atoms with Crippen molar-refractivity contribution in [1.82, 2.24) is 9.80 Å². The van der Waals surface area contributed by atoms with Crippen molar-refractivity contribution >= 4 is 27.3 Å². The largest absolute Gasteiger partial charge is 0.332 e. The Labute approximate surface area is 148 Å². The lowest BCUT2D eigenvalue weighted by Crippen LogP contribution is -2.61. The average Bonchev–Trinajstić information content (AvgIpc) is 2.82. The summed E-state index contributed by atoms with van der Waals surface area (Å²) in [6, 6.07) is 6.54. The van der Waals surface area contributed by atoms with Crippen LogP contribution in [-0.4, -0.2) is 67.3 Å². The highest BCUT2D eigenvalue weighted by Gasteiger charge is 2.48. The van der Waals surface area contributed by atoms with Crippen LogP contribution in [0.1, 0.15) is 24.2 Å². The minimum absolute atomic E-state index is 0.0441. The Morgan fingerprint density at radius 3 is 2.54 bits per heavy atom. The standard InChI is InChI=1S/C17H23ClN2O3S/c1-12(2)9-19-7-8-20(16-11-24(22,23)10-15(16)19)17(21)13-5-3-4-6-14(13)18/h3-6,12,15-16H,7-11H2,1-2H3/t15-,16+/m1/s1. The zero-order chi connectivity index (χ0) is 17.5. The van der Waals surface area contributed by atoms with E-state index in [2.05, 4.69) is 18.7 Å². The van der Waals surface area contributed by atoms with E-state index in [4.69, 9.17) is 11.6 Å². The van der Waals surface area contributed by atoms with Gasteiger partial charge in [0.15, 0.2) is 9.84 Å². The fourth-order valence-corrected chi connectivity index (χ4v) is 5.99. The fraction of sp³-hybridized carbons (Fsp3) is 0.588. The van der Waals surface area contributed by atoms with E-state index in [1.165, 1.54) is 0 Å². The number of carbonyl (C=O) groups excluding carboxylic acids is 1. The summed E-state index contributed by atoms with van der Waals surface area (Å²) in [6.45, 7) is 6.34. The summed E-state index contributed by atoms with van der Waals surface area (Å²) in [5.41, 5.74) is 0.444. The second kappa shape index (κ2) is 6.65. The zero-order valence-electron chi connectivity index (χ0n) is 14.0. The Bertz CT molecular complexity index is 735. The van der Waals surface area contributed by atoms with Crippen LogP contribution in [0.5, 0.6) is 0 Å². The molecule has 2 atom stereocenters. The Kier molecular flexibility index (Phi) is 4.91. The number of sulfone groups is 1. The van der Waals surface area contributed by atoms with Gasteiger partial charge in [0.05, 0.1) is 28.1 Å². The smallest absolute Gasteiger partial charge is 0.255 e. The number of amides is 1. The maximum Gasteiger partial charge on any atom is 0.255 e. The highest BCUT2D eigenvalue weighted by atomic mass is 35.5. The Hall–Kier alpha value is -1.11. The van der Waals surface area contributed by atoms with Crippen LogP contribution in [0.2, 0.25) is 5.02 Å². The topological polar surface area (TPSA) is 57.7 Å². The highest BCUT2D eigenvalue weighted by Crippen LogP contribution is 2.29. The van der Waals surface area contributed by atoms with Gasteiger partial charge in [-0.2, -0.15) is 0 Å². The van der Waals surface area contributed by atoms with E-state index in [-0.39, 0.29) is 29.5 Å². The molecule has 0 spiro atoms. The number of benzene rings is 1. The number of piperazine rings is 1. The van der Waals surface area contributed by atoms with Crippen LogP contribution >= 0.6 is 11.6 Å². The van der Waals surface area contributed by atoms with Crippen LogP contribution < -0.4 is 0 Å². The number of hydrogen-bond acceptors (Lipinski definition) is 4. The average molecular weight is 371 g/mol. The first kappa shape index (κ1) is 17.7. The third-order valence-corrected chi connectivity index (χ3v) is 6.78. The summed E-state index contributed by atoms with van der Waals surface area (Å²) in [6.07, 6.45) is 0. The molecular weight excluding hydrogens is 348 g/mol. The zero-order valence-corrected chi connectivity index (χ0v) is 15.6. The molecule has 7 heteroatoms. The molecule has 2 heterocycles. The molecule has 0 N–H and O–H groups in total. The van der Waals surface area contributed by atoms with Gasteiger partial charge >= 0.3 is 0 Å². The number of nitrogens with zero attached hydrogens (tertiary/aromatic N) is 2. The second-order valence-corrected chi connectivity index (χ2v) is 9.64. The minimum Gasteiger partial charge on any atom is -0.332 e. The summed E-state index contributed by atoms with van der Waals surface area (Å²) < 4.78 is 24.4. The van der Waals surface area contributed by atoms with Crippen LogP contribution in [-0.2, 0) is 9.84 Å². The molecular formula is C17H23ClN2O3S. The Morgan fingerprint density at radius 2 is 1.88 bits per heavy atom. The third-order valence-electron chi connectivity index (χ3n) is 4.76. The van der Waals surface area contributed by atoms with E-state index in [1.807, 2.05) is 0 Å². The van der Waals surface area contributed by atoms with E-state index in [0.717, 1.165) is 6.54 Å². The van der Waals surface area contributed by atoms with E-state index in [9.17, 15) is 13.2 Å². The third kappa shape index (κ3) is 3.46. The van der Waals surface area contributed by atoms with Crippen LogP contribution in [0, 0.1) is 5.92 Å². The molecule has 0 aliphatic carbocycles. The molecule has 132 valence electrons. The van der Waals surface area contributed by atoms with Crippen molar-refractivity contribution in [2.45, 2.75) is 25.9 Å². The normalized spacial score (nSPS) is 26.6. The summed E-state index contributed by atoms with van der Waals surface area (Å²) >= 11 is 6.16. The monoisotopic (exact) mass is 370 g/mol. The lowest BCUT2D eigenvalue weighted by atomic mass is 10.0. The maximum atomic E-state index is 12.9. The van der Waals surface area contributed by atoms with Gasteiger partial charge in [-0.1, -0.05) is 37.6 Å². The van der Waals surface area contributed by atoms with E-state index in [0.29, 0.717) is 29.6 Å². The van der Waals surface area contributed by atoms with Crippen molar-refractivity contribution in [2.75, 3.05) is 31.1 Å². The molecule has 24 heavy (non-hydrogen) atoms. The molecule has 0 saturated carbocycles. The number of rotatable bonds is 3. The molecule has 5 nitrogen and oxygen atoms in total. The number of hydrogen-bond donors (Lipinski definition) is 0. The fourth-order valence-electron chi connectivity index (χ4n) is 3.76. The van der Waals surface area contributed by atoms with Gasteiger partial charge in [0.25, 0.3) is 5.91 Å². The predicted molar refractivity (Wildman–Crippen MR) is 95.1 cm³/mol. The van der Waals surface area contributed by atoms with E-state index in [1.54, 1.807) is 29.2 Å². The molecule has 1 amide bonds. The summed E-state index contributed by atoms with van der Waals surface area (Å²) in [4.78, 5) is 16.9. The van der Waals surface area contributed by atoms with Crippen molar-refractivity contribution in [2.24, 2.45) is 5.92 Å². The van der Waals surface area contributed by atoms with Crippen LogP contribution in [0.15, 0.2) is 24.3 Å². The molecule has 2 aliphatic rings. The van der Waals surface area contributed by atoms with Gasteiger partial charge in [-0.05, 0) is 18.1 Å². The van der Waals surface area contributed by atoms with Gasteiger partial charge in [-0.3, -0.25) is 9.69 Å². The molecule has 3 rings (SSSR count). The molecule has 0 unspecified atom stereocenters. The summed E-state index contributed by atoms with van der Waals surface area (Å²) in [5.74, 6) is 0.468.